The standard InChI is InChI=1S/C29H33BrN2O4/c1-3-5-6-10-17-35-26-16-14-25(30)18-24(26)20-31-32-29(33)23-13-15-27(28(19-23)34-4-2)36-21-22-11-8-7-9-12-22/h7-9,11-16,18-20H,3-6,10,17,21H2,1-2H3,(H,32,33)/b31-20+. The summed E-state index contributed by atoms with van der Waals surface area (Å²) in [6.07, 6.45) is 6.13. The number of carbonyl (C=O) groups excluding carboxylic acids is 1. The number of nitrogens with zero attached hydrogens (tertiary/aromatic N) is 1. The van der Waals surface area contributed by atoms with Gasteiger partial charge >= 0.3 is 0 Å². The van der Waals surface area contributed by atoms with Crippen LogP contribution in [0.2, 0.25) is 0 Å². The van der Waals surface area contributed by atoms with Gasteiger partial charge < -0.3 is 14.2 Å². The molecule has 36 heavy (non-hydrogen) atoms. The van der Waals surface area contributed by atoms with Crippen LogP contribution >= 0.6 is 15.9 Å². The Morgan fingerprint density at radius 1 is 0.889 bits per heavy atom. The summed E-state index contributed by atoms with van der Waals surface area (Å²) in [5.74, 6) is 1.47. The molecule has 1 amide bonds. The van der Waals surface area contributed by atoms with E-state index in [1.807, 2.05) is 55.5 Å². The molecule has 0 heterocycles. The first-order valence-electron chi connectivity index (χ1n) is 12.3. The van der Waals surface area contributed by atoms with Crippen LogP contribution in [-0.2, 0) is 6.61 Å². The van der Waals surface area contributed by atoms with Gasteiger partial charge in [0, 0.05) is 15.6 Å². The van der Waals surface area contributed by atoms with Crippen molar-refractivity contribution in [2.75, 3.05) is 13.2 Å². The third-order valence-corrected chi connectivity index (χ3v) is 5.83. The van der Waals surface area contributed by atoms with Crippen molar-refractivity contribution in [3.63, 3.8) is 0 Å². The molecule has 0 saturated carbocycles. The van der Waals surface area contributed by atoms with Crippen LogP contribution in [0.4, 0.5) is 0 Å². The first-order chi connectivity index (χ1) is 17.6. The minimum atomic E-state index is -0.348. The predicted octanol–water partition coefficient (Wildman–Crippen LogP) is 7.15. The second kappa shape index (κ2) is 14.9. The van der Waals surface area contributed by atoms with Gasteiger partial charge in [0.05, 0.1) is 19.4 Å². The van der Waals surface area contributed by atoms with E-state index in [1.54, 1.807) is 24.4 Å². The maximum atomic E-state index is 12.7. The largest absolute Gasteiger partial charge is 0.493 e. The van der Waals surface area contributed by atoms with E-state index in [-0.39, 0.29) is 5.91 Å². The number of hydrogen-bond acceptors (Lipinski definition) is 5. The normalized spacial score (nSPS) is 10.9. The van der Waals surface area contributed by atoms with E-state index in [9.17, 15) is 4.79 Å². The Morgan fingerprint density at radius 3 is 2.47 bits per heavy atom. The van der Waals surface area contributed by atoms with Gasteiger partial charge in [0.2, 0.25) is 0 Å². The van der Waals surface area contributed by atoms with E-state index in [1.165, 1.54) is 12.8 Å². The summed E-state index contributed by atoms with van der Waals surface area (Å²) < 4.78 is 18.5. The van der Waals surface area contributed by atoms with E-state index >= 15 is 0 Å². The first-order valence-corrected chi connectivity index (χ1v) is 13.1. The summed E-state index contributed by atoms with van der Waals surface area (Å²) in [6.45, 7) is 5.58. The van der Waals surface area contributed by atoms with E-state index in [0.29, 0.717) is 36.9 Å². The van der Waals surface area contributed by atoms with Gasteiger partial charge in [-0.1, -0.05) is 72.4 Å². The summed E-state index contributed by atoms with van der Waals surface area (Å²) in [4.78, 5) is 12.7. The van der Waals surface area contributed by atoms with Crippen LogP contribution in [0.5, 0.6) is 17.2 Å². The Hall–Kier alpha value is -3.32. The van der Waals surface area contributed by atoms with Crippen LogP contribution in [0, 0.1) is 0 Å². The highest BCUT2D eigenvalue weighted by atomic mass is 79.9. The van der Waals surface area contributed by atoms with Crippen molar-refractivity contribution in [1.29, 1.82) is 0 Å². The van der Waals surface area contributed by atoms with Crippen LogP contribution in [0.3, 0.4) is 0 Å². The van der Waals surface area contributed by atoms with Crippen molar-refractivity contribution in [1.82, 2.24) is 5.43 Å². The average molecular weight is 553 g/mol. The van der Waals surface area contributed by atoms with Gasteiger partial charge in [-0.3, -0.25) is 4.79 Å². The van der Waals surface area contributed by atoms with Gasteiger partial charge in [-0.2, -0.15) is 5.10 Å². The van der Waals surface area contributed by atoms with Gasteiger partial charge in [0.1, 0.15) is 12.4 Å². The number of ether oxygens (including phenoxy) is 3. The molecular formula is C29H33BrN2O4. The van der Waals surface area contributed by atoms with Gasteiger partial charge in [-0.15, -0.1) is 0 Å². The van der Waals surface area contributed by atoms with Crippen molar-refractivity contribution in [3.05, 3.63) is 87.9 Å². The maximum absolute atomic E-state index is 12.7. The molecule has 0 fully saturated rings. The molecule has 0 unspecified atom stereocenters. The lowest BCUT2D eigenvalue weighted by Gasteiger charge is -2.13. The molecule has 190 valence electrons. The predicted molar refractivity (Wildman–Crippen MR) is 147 cm³/mol. The molecule has 0 aliphatic rings. The quantitative estimate of drug-likeness (QED) is 0.131. The molecule has 0 spiro atoms. The highest BCUT2D eigenvalue weighted by molar-refractivity contribution is 9.10. The van der Waals surface area contributed by atoms with Gasteiger partial charge in [-0.05, 0) is 55.3 Å². The first kappa shape index (κ1) is 27.3. The lowest BCUT2D eigenvalue weighted by atomic mass is 10.2. The number of carbonyl (C=O) groups is 1. The molecule has 0 aliphatic heterocycles. The molecule has 3 rings (SSSR count). The van der Waals surface area contributed by atoms with Crippen molar-refractivity contribution in [2.24, 2.45) is 5.10 Å². The minimum Gasteiger partial charge on any atom is -0.493 e. The maximum Gasteiger partial charge on any atom is 0.271 e. The average Bonchev–Trinajstić information content (AvgIpc) is 2.89. The third-order valence-electron chi connectivity index (χ3n) is 5.34. The summed E-state index contributed by atoms with van der Waals surface area (Å²) in [5.41, 5.74) is 4.84. The molecule has 6 nitrogen and oxygen atoms in total. The van der Waals surface area contributed by atoms with Crippen LogP contribution in [0.1, 0.15) is 61.0 Å². The van der Waals surface area contributed by atoms with Crippen molar-refractivity contribution >= 4 is 28.1 Å². The Balaban J connectivity index is 1.63. The van der Waals surface area contributed by atoms with Crippen LogP contribution in [-0.4, -0.2) is 25.3 Å². The Bertz CT molecular complexity index is 1140. The summed E-state index contributed by atoms with van der Waals surface area (Å²) in [5, 5.41) is 4.15. The number of benzene rings is 3. The molecule has 3 aromatic rings. The molecule has 3 aromatic carbocycles. The second-order valence-corrected chi connectivity index (χ2v) is 9.07. The van der Waals surface area contributed by atoms with Gasteiger partial charge in [0.15, 0.2) is 11.5 Å². The highest BCUT2D eigenvalue weighted by Crippen LogP contribution is 2.29. The monoisotopic (exact) mass is 552 g/mol. The zero-order chi connectivity index (χ0) is 25.6. The molecule has 7 heteroatoms. The molecule has 0 aromatic heterocycles. The summed E-state index contributed by atoms with van der Waals surface area (Å²) >= 11 is 3.48. The minimum absolute atomic E-state index is 0.348. The molecular weight excluding hydrogens is 520 g/mol. The fraction of sp³-hybridized carbons (Fsp3) is 0.310. The number of rotatable bonds is 14. The lowest BCUT2D eigenvalue weighted by molar-refractivity contribution is 0.0954. The molecule has 0 aliphatic carbocycles. The zero-order valence-electron chi connectivity index (χ0n) is 20.8. The number of hydrazone groups is 1. The topological polar surface area (TPSA) is 69.2 Å². The number of nitrogens with one attached hydrogen (secondary N) is 1. The molecule has 0 atom stereocenters. The number of hydrogen-bond donors (Lipinski definition) is 1. The SMILES string of the molecule is CCCCCCOc1ccc(Br)cc1/C=N/NC(=O)c1ccc(OCc2ccccc2)c(OCC)c1. The van der Waals surface area contributed by atoms with Gasteiger partial charge in [0.25, 0.3) is 5.91 Å². The molecule has 0 radical (unpaired) electrons. The van der Waals surface area contributed by atoms with Gasteiger partial charge in [-0.25, -0.2) is 5.43 Å². The highest BCUT2D eigenvalue weighted by Gasteiger charge is 2.12. The third kappa shape index (κ3) is 8.72. The van der Waals surface area contributed by atoms with E-state index in [4.69, 9.17) is 14.2 Å². The number of amides is 1. The molecule has 1 N–H and O–H groups in total. The van der Waals surface area contributed by atoms with Crippen molar-refractivity contribution < 1.29 is 19.0 Å². The fourth-order valence-electron chi connectivity index (χ4n) is 3.46. The van der Waals surface area contributed by atoms with Crippen molar-refractivity contribution in [2.45, 2.75) is 46.1 Å². The number of unbranched alkanes of at least 4 members (excludes halogenated alkanes) is 3. The zero-order valence-corrected chi connectivity index (χ0v) is 22.4. The summed E-state index contributed by atoms with van der Waals surface area (Å²) in [6, 6.07) is 20.7. The van der Waals surface area contributed by atoms with Crippen LogP contribution in [0.25, 0.3) is 0 Å². The van der Waals surface area contributed by atoms with Crippen molar-refractivity contribution in [3.8, 4) is 17.2 Å². The Labute approximate surface area is 221 Å². The summed E-state index contributed by atoms with van der Waals surface area (Å²) in [7, 11) is 0. The Kier molecular flexibility index (Phi) is 11.3. The van der Waals surface area contributed by atoms with E-state index in [0.717, 1.165) is 34.2 Å². The lowest BCUT2D eigenvalue weighted by Crippen LogP contribution is -2.18. The van der Waals surface area contributed by atoms with E-state index < -0.39 is 0 Å². The van der Waals surface area contributed by atoms with E-state index in [2.05, 4.69) is 33.4 Å². The van der Waals surface area contributed by atoms with Crippen LogP contribution < -0.4 is 19.6 Å². The number of halogens is 1. The molecule has 0 saturated heterocycles. The fourth-order valence-corrected chi connectivity index (χ4v) is 3.84. The smallest absolute Gasteiger partial charge is 0.271 e. The second-order valence-electron chi connectivity index (χ2n) is 8.16. The van der Waals surface area contributed by atoms with Crippen LogP contribution in [0.15, 0.2) is 76.3 Å². The Morgan fingerprint density at radius 2 is 1.69 bits per heavy atom. The molecule has 0 bridgehead atoms.